The lowest BCUT2D eigenvalue weighted by Gasteiger charge is -2.32. The Balaban J connectivity index is 2.01. The third kappa shape index (κ3) is 2.49. The molecule has 0 radical (unpaired) electrons. The molecule has 21 heavy (non-hydrogen) atoms. The van der Waals surface area contributed by atoms with Gasteiger partial charge in [-0.15, -0.1) is 0 Å². The highest BCUT2D eigenvalue weighted by Gasteiger charge is 2.29. The van der Waals surface area contributed by atoms with Gasteiger partial charge in [0.05, 0.1) is 0 Å². The molecule has 0 amide bonds. The second-order valence-electron chi connectivity index (χ2n) is 5.98. The van der Waals surface area contributed by atoms with E-state index in [1.165, 1.54) is 11.1 Å². The molecule has 0 heterocycles. The second kappa shape index (κ2) is 5.41. The molecule has 0 spiro atoms. The van der Waals surface area contributed by atoms with Crippen LogP contribution in [0.3, 0.4) is 0 Å². The molecule has 4 N–H and O–H groups in total. The molecule has 2 unspecified atom stereocenters. The quantitative estimate of drug-likeness (QED) is 0.742. The third-order valence-electron chi connectivity index (χ3n) is 4.59. The number of rotatable bonds is 2. The Morgan fingerprint density at radius 3 is 2.48 bits per heavy atom. The van der Waals surface area contributed by atoms with E-state index < -0.39 is 0 Å². The monoisotopic (exact) mass is 283 g/mol. The maximum atomic E-state index is 10.2. The van der Waals surface area contributed by atoms with Crippen molar-refractivity contribution in [3.05, 3.63) is 58.7 Å². The predicted molar refractivity (Wildman–Crippen MR) is 83.8 cm³/mol. The zero-order chi connectivity index (χ0) is 15.0. The highest BCUT2D eigenvalue weighted by molar-refractivity contribution is 5.52. The second-order valence-corrected chi connectivity index (χ2v) is 5.98. The first kappa shape index (κ1) is 14.0. The van der Waals surface area contributed by atoms with Crippen LogP contribution in [-0.2, 0) is 6.42 Å². The molecule has 3 rings (SSSR count). The number of nitrogens with two attached hydrogens (primary N) is 1. The van der Waals surface area contributed by atoms with Gasteiger partial charge >= 0.3 is 0 Å². The van der Waals surface area contributed by atoms with Gasteiger partial charge in [-0.05, 0) is 55.3 Å². The number of benzene rings is 2. The fraction of sp³-hybridized carbons (Fsp3) is 0.333. The van der Waals surface area contributed by atoms with Gasteiger partial charge in [0, 0.05) is 5.56 Å². The Labute approximate surface area is 125 Å². The van der Waals surface area contributed by atoms with Gasteiger partial charge in [0.2, 0.25) is 0 Å². The first-order valence-electron chi connectivity index (χ1n) is 7.40. The average Bonchev–Trinajstić information content (AvgIpc) is 2.51. The summed E-state index contributed by atoms with van der Waals surface area (Å²) in [6.45, 7) is 2.63. The van der Waals surface area contributed by atoms with Crippen molar-refractivity contribution < 1.29 is 10.2 Å². The molecule has 3 heteroatoms. The van der Waals surface area contributed by atoms with Crippen LogP contribution in [-0.4, -0.2) is 16.8 Å². The Hall–Kier alpha value is -2.00. The molecule has 2 aromatic rings. The van der Waals surface area contributed by atoms with E-state index in [1.807, 2.05) is 6.07 Å². The van der Waals surface area contributed by atoms with Gasteiger partial charge in [-0.1, -0.05) is 35.9 Å². The molecular formula is C18H21NO2. The van der Waals surface area contributed by atoms with Crippen LogP contribution >= 0.6 is 0 Å². The molecule has 0 aromatic heterocycles. The van der Waals surface area contributed by atoms with Crippen LogP contribution in [0.1, 0.15) is 40.5 Å². The molecule has 0 saturated carbocycles. The average molecular weight is 283 g/mol. The SMILES string of the molecule is Cc1ccc(C2Cc3c(ccc(O)c3O)C(CN)C2)cc1. The van der Waals surface area contributed by atoms with E-state index in [4.69, 9.17) is 5.73 Å². The van der Waals surface area contributed by atoms with Gasteiger partial charge in [0.25, 0.3) is 0 Å². The van der Waals surface area contributed by atoms with E-state index in [0.29, 0.717) is 12.5 Å². The molecule has 2 aromatic carbocycles. The van der Waals surface area contributed by atoms with Gasteiger partial charge in [-0.25, -0.2) is 0 Å². The molecule has 2 atom stereocenters. The van der Waals surface area contributed by atoms with E-state index >= 15 is 0 Å². The number of hydrogen-bond acceptors (Lipinski definition) is 3. The summed E-state index contributed by atoms with van der Waals surface area (Å²) in [4.78, 5) is 0. The highest BCUT2D eigenvalue weighted by atomic mass is 16.3. The standard InChI is InChI=1S/C18H21NO2/c1-11-2-4-12(5-3-11)13-8-14(10-19)15-6-7-17(20)18(21)16(15)9-13/h2-7,13-14,20-21H,8-10,19H2,1H3. The predicted octanol–water partition coefficient (Wildman–Crippen LogP) is 3.18. The minimum Gasteiger partial charge on any atom is -0.504 e. The zero-order valence-corrected chi connectivity index (χ0v) is 12.2. The molecule has 0 bridgehead atoms. The van der Waals surface area contributed by atoms with Crippen molar-refractivity contribution in [2.75, 3.05) is 6.54 Å². The molecule has 0 fully saturated rings. The number of fused-ring (bicyclic) bond motifs is 1. The molecule has 1 aliphatic carbocycles. The van der Waals surface area contributed by atoms with Crippen molar-refractivity contribution in [1.29, 1.82) is 0 Å². The minimum atomic E-state index is -0.0472. The molecule has 1 aliphatic rings. The van der Waals surface area contributed by atoms with Crippen molar-refractivity contribution in [2.24, 2.45) is 5.73 Å². The van der Waals surface area contributed by atoms with Crippen LogP contribution < -0.4 is 5.73 Å². The summed E-state index contributed by atoms with van der Waals surface area (Å²) >= 11 is 0. The van der Waals surface area contributed by atoms with Crippen molar-refractivity contribution >= 4 is 0 Å². The highest BCUT2D eigenvalue weighted by Crippen LogP contribution is 2.45. The summed E-state index contributed by atoms with van der Waals surface area (Å²) in [7, 11) is 0. The topological polar surface area (TPSA) is 66.5 Å². The number of aryl methyl sites for hydroxylation is 1. The van der Waals surface area contributed by atoms with E-state index in [-0.39, 0.29) is 17.4 Å². The van der Waals surface area contributed by atoms with Crippen LogP contribution in [0.2, 0.25) is 0 Å². The fourth-order valence-corrected chi connectivity index (χ4v) is 3.35. The maximum absolute atomic E-state index is 10.2. The lowest BCUT2D eigenvalue weighted by atomic mass is 9.74. The van der Waals surface area contributed by atoms with E-state index in [2.05, 4.69) is 31.2 Å². The summed E-state index contributed by atoms with van der Waals surface area (Å²) in [6.07, 6.45) is 1.73. The van der Waals surface area contributed by atoms with Gasteiger partial charge in [0.1, 0.15) is 0 Å². The largest absolute Gasteiger partial charge is 0.504 e. The van der Waals surface area contributed by atoms with Crippen LogP contribution in [0.25, 0.3) is 0 Å². The normalized spacial score (nSPS) is 21.0. The smallest absolute Gasteiger partial charge is 0.160 e. The van der Waals surface area contributed by atoms with Crippen molar-refractivity contribution in [3.8, 4) is 11.5 Å². The third-order valence-corrected chi connectivity index (χ3v) is 4.59. The summed E-state index contributed by atoms with van der Waals surface area (Å²) in [5, 5.41) is 19.9. The first-order valence-corrected chi connectivity index (χ1v) is 7.40. The Bertz CT molecular complexity index is 649. The van der Waals surface area contributed by atoms with Crippen molar-refractivity contribution in [1.82, 2.24) is 0 Å². The molecule has 0 aliphatic heterocycles. The van der Waals surface area contributed by atoms with Crippen LogP contribution in [0, 0.1) is 6.92 Å². The lowest BCUT2D eigenvalue weighted by Crippen LogP contribution is -2.23. The summed E-state index contributed by atoms with van der Waals surface area (Å²) in [5.74, 6) is 0.530. The summed E-state index contributed by atoms with van der Waals surface area (Å²) < 4.78 is 0. The first-order chi connectivity index (χ1) is 10.1. The number of hydrogen-bond donors (Lipinski definition) is 3. The molecule has 110 valence electrons. The molecule has 3 nitrogen and oxygen atoms in total. The number of phenolic OH excluding ortho intramolecular Hbond substituents is 2. The van der Waals surface area contributed by atoms with Crippen LogP contribution in [0.15, 0.2) is 36.4 Å². The Kier molecular flexibility index (Phi) is 3.60. The van der Waals surface area contributed by atoms with Crippen LogP contribution in [0.5, 0.6) is 11.5 Å². The fourth-order valence-electron chi connectivity index (χ4n) is 3.35. The van der Waals surface area contributed by atoms with E-state index in [1.54, 1.807) is 6.07 Å². The number of aromatic hydroxyl groups is 2. The maximum Gasteiger partial charge on any atom is 0.160 e. The number of phenols is 2. The van der Waals surface area contributed by atoms with Crippen LogP contribution in [0.4, 0.5) is 0 Å². The van der Waals surface area contributed by atoms with Gasteiger partial charge in [-0.3, -0.25) is 0 Å². The van der Waals surface area contributed by atoms with Gasteiger partial charge in [-0.2, -0.15) is 0 Å². The van der Waals surface area contributed by atoms with Crippen molar-refractivity contribution in [2.45, 2.75) is 31.6 Å². The Morgan fingerprint density at radius 2 is 1.81 bits per heavy atom. The van der Waals surface area contributed by atoms with Gasteiger partial charge in [0.15, 0.2) is 11.5 Å². The zero-order valence-electron chi connectivity index (χ0n) is 12.2. The molecule has 0 saturated heterocycles. The lowest BCUT2D eigenvalue weighted by molar-refractivity contribution is 0.388. The Morgan fingerprint density at radius 1 is 1.10 bits per heavy atom. The van der Waals surface area contributed by atoms with E-state index in [0.717, 1.165) is 24.0 Å². The molecular weight excluding hydrogens is 262 g/mol. The van der Waals surface area contributed by atoms with E-state index in [9.17, 15) is 10.2 Å². The van der Waals surface area contributed by atoms with Gasteiger partial charge < -0.3 is 15.9 Å². The minimum absolute atomic E-state index is 0.0164. The van der Waals surface area contributed by atoms with Crippen molar-refractivity contribution in [3.63, 3.8) is 0 Å². The summed E-state index contributed by atoms with van der Waals surface area (Å²) in [6, 6.07) is 12.0. The summed E-state index contributed by atoms with van der Waals surface area (Å²) in [5.41, 5.74) is 10.4.